The molecule has 0 radical (unpaired) electrons. The second kappa shape index (κ2) is 6.31. The number of carbonyl (C=O) groups excluding carboxylic acids is 1. The van der Waals surface area contributed by atoms with Crippen LogP contribution in [0.5, 0.6) is 0 Å². The molecule has 1 aliphatic rings. The van der Waals surface area contributed by atoms with Crippen LogP contribution in [-0.2, 0) is 0 Å². The summed E-state index contributed by atoms with van der Waals surface area (Å²) < 4.78 is 0. The van der Waals surface area contributed by atoms with Gasteiger partial charge in [0.15, 0.2) is 5.78 Å². The second-order valence-corrected chi connectivity index (χ2v) is 6.68. The van der Waals surface area contributed by atoms with Crippen molar-refractivity contribution in [1.82, 2.24) is 0 Å². The van der Waals surface area contributed by atoms with Gasteiger partial charge >= 0.3 is 0 Å². The average molecular weight is 320 g/mol. The van der Waals surface area contributed by atoms with E-state index in [0.717, 1.165) is 11.1 Å². The highest BCUT2D eigenvalue weighted by atomic mass is 32.2. The molecule has 0 saturated heterocycles. The summed E-state index contributed by atoms with van der Waals surface area (Å²) in [5, 5.41) is 9.58. The quantitative estimate of drug-likeness (QED) is 0.874. The van der Waals surface area contributed by atoms with E-state index in [1.807, 2.05) is 49.4 Å². The van der Waals surface area contributed by atoms with Crippen LogP contribution in [0.25, 0.3) is 0 Å². The number of aryl methyl sites for hydroxylation is 1. The normalized spacial score (nSPS) is 20.3. The van der Waals surface area contributed by atoms with Gasteiger partial charge in [-0.15, -0.1) is 0 Å². The molecule has 0 spiro atoms. The number of benzene rings is 2. The first-order valence-electron chi connectivity index (χ1n) is 7.34. The van der Waals surface area contributed by atoms with Crippen LogP contribution in [0, 0.1) is 18.3 Å². The molecule has 0 unspecified atom stereocenters. The highest BCUT2D eigenvalue weighted by Crippen LogP contribution is 2.47. The Balaban J connectivity index is 2.06. The fourth-order valence-corrected chi connectivity index (χ4v) is 4.16. The molecule has 0 aromatic heterocycles. The fraction of sp³-hybridized carbons (Fsp3) is 0.158. The molecule has 0 saturated carbocycles. The maximum absolute atomic E-state index is 12.9. The van der Waals surface area contributed by atoms with Crippen LogP contribution < -0.4 is 5.73 Å². The largest absolute Gasteiger partial charge is 0.393 e. The Kier molecular flexibility index (Phi) is 4.22. The number of carbonyl (C=O) groups is 1. The molecule has 0 aliphatic carbocycles. The summed E-state index contributed by atoms with van der Waals surface area (Å²) in [4.78, 5) is 12.9. The van der Waals surface area contributed by atoms with E-state index in [4.69, 9.17) is 5.73 Å². The van der Waals surface area contributed by atoms with Crippen LogP contribution in [-0.4, -0.2) is 11.0 Å². The third-order valence-corrected chi connectivity index (χ3v) is 5.31. The smallest absolute Gasteiger partial charge is 0.177 e. The molecule has 2 aromatic carbocycles. The molecule has 3 nitrogen and oxygen atoms in total. The van der Waals surface area contributed by atoms with Crippen LogP contribution in [0.15, 0.2) is 65.2 Å². The predicted octanol–water partition coefficient (Wildman–Crippen LogP) is 3.77. The number of Topliss-reactive ketones (excluding diaryl/α,β-unsaturated/α-hetero) is 1. The van der Waals surface area contributed by atoms with E-state index >= 15 is 0 Å². The van der Waals surface area contributed by atoms with Crippen LogP contribution in [0.4, 0.5) is 0 Å². The predicted molar refractivity (Wildman–Crippen MR) is 92.9 cm³/mol. The third kappa shape index (κ3) is 2.76. The number of allylic oxidation sites excluding steroid dienone is 1. The van der Waals surface area contributed by atoms with E-state index in [1.165, 1.54) is 11.8 Å². The molecular weight excluding hydrogens is 304 g/mol. The minimum absolute atomic E-state index is 0.0112. The summed E-state index contributed by atoms with van der Waals surface area (Å²) in [6, 6.07) is 19.2. The molecular formula is C19H16N2OS. The molecule has 114 valence electrons. The monoisotopic (exact) mass is 320 g/mol. The van der Waals surface area contributed by atoms with Crippen molar-refractivity contribution in [2.45, 2.75) is 18.1 Å². The first-order chi connectivity index (χ1) is 11.1. The lowest BCUT2D eigenvalue weighted by molar-refractivity contribution is 0.0985. The Morgan fingerprint density at radius 3 is 2.43 bits per heavy atom. The number of hydrogen-bond acceptors (Lipinski definition) is 4. The Bertz CT molecular complexity index is 821. The Labute approximate surface area is 139 Å². The number of nitriles is 1. The van der Waals surface area contributed by atoms with Gasteiger partial charge in [0, 0.05) is 11.5 Å². The van der Waals surface area contributed by atoms with Crippen molar-refractivity contribution >= 4 is 17.5 Å². The van der Waals surface area contributed by atoms with Gasteiger partial charge < -0.3 is 5.73 Å². The highest BCUT2D eigenvalue weighted by molar-refractivity contribution is 8.04. The zero-order valence-corrected chi connectivity index (χ0v) is 13.5. The number of ketones is 1. The minimum atomic E-state index is -0.395. The maximum Gasteiger partial charge on any atom is 0.177 e. The molecule has 0 amide bonds. The van der Waals surface area contributed by atoms with Gasteiger partial charge in [0.25, 0.3) is 0 Å². The number of hydrogen-bond donors (Lipinski definition) is 1. The summed E-state index contributed by atoms with van der Waals surface area (Å²) in [6.45, 7) is 1.99. The molecule has 2 aromatic rings. The van der Waals surface area contributed by atoms with Crippen molar-refractivity contribution in [2.24, 2.45) is 5.73 Å². The zero-order valence-electron chi connectivity index (χ0n) is 12.7. The van der Waals surface area contributed by atoms with Gasteiger partial charge in [-0.2, -0.15) is 5.26 Å². The SMILES string of the molecule is Cc1ccccc1[C@H]1C(C#N)=C(N)S[C@H]1C(=O)c1ccccc1. The van der Waals surface area contributed by atoms with Crippen molar-refractivity contribution in [2.75, 3.05) is 0 Å². The Morgan fingerprint density at radius 2 is 1.78 bits per heavy atom. The average Bonchev–Trinajstić information content (AvgIpc) is 2.91. The molecule has 2 atom stereocenters. The number of thioether (sulfide) groups is 1. The first kappa shape index (κ1) is 15.4. The molecule has 0 bridgehead atoms. The Morgan fingerprint density at radius 1 is 1.13 bits per heavy atom. The van der Waals surface area contributed by atoms with Gasteiger partial charge in [0.05, 0.1) is 21.9 Å². The van der Waals surface area contributed by atoms with E-state index in [2.05, 4.69) is 6.07 Å². The maximum atomic E-state index is 12.9. The van der Waals surface area contributed by atoms with E-state index in [1.54, 1.807) is 12.1 Å². The summed E-state index contributed by atoms with van der Waals surface area (Å²) in [6.07, 6.45) is 0. The van der Waals surface area contributed by atoms with Gasteiger partial charge in [0.1, 0.15) is 0 Å². The number of nitrogens with zero attached hydrogens (tertiary/aromatic N) is 1. The number of rotatable bonds is 3. The minimum Gasteiger partial charge on any atom is -0.393 e. The van der Waals surface area contributed by atoms with Gasteiger partial charge in [0.2, 0.25) is 0 Å². The van der Waals surface area contributed by atoms with Crippen molar-refractivity contribution in [3.8, 4) is 6.07 Å². The highest BCUT2D eigenvalue weighted by Gasteiger charge is 2.41. The van der Waals surface area contributed by atoms with Gasteiger partial charge in [-0.25, -0.2) is 0 Å². The van der Waals surface area contributed by atoms with Gasteiger partial charge in [-0.3, -0.25) is 4.79 Å². The zero-order chi connectivity index (χ0) is 16.4. The standard InChI is InChI=1S/C19H16N2OS/c1-12-7-5-6-10-14(12)16-15(11-20)19(21)23-18(16)17(22)13-8-3-2-4-9-13/h2-10,16,18H,21H2,1H3/t16-,18+/m0/s1. The van der Waals surface area contributed by atoms with Crippen LogP contribution >= 0.6 is 11.8 Å². The Hall–Kier alpha value is -2.51. The first-order valence-corrected chi connectivity index (χ1v) is 8.22. The summed E-state index contributed by atoms with van der Waals surface area (Å²) >= 11 is 1.30. The van der Waals surface area contributed by atoms with E-state index in [-0.39, 0.29) is 11.7 Å². The number of nitrogens with two attached hydrogens (primary N) is 1. The lowest BCUT2D eigenvalue weighted by Gasteiger charge is -2.20. The lowest BCUT2D eigenvalue weighted by Crippen LogP contribution is -2.23. The molecule has 1 heterocycles. The van der Waals surface area contributed by atoms with Gasteiger partial charge in [-0.05, 0) is 18.1 Å². The van der Waals surface area contributed by atoms with Crippen LogP contribution in [0.1, 0.15) is 27.4 Å². The third-order valence-electron chi connectivity index (χ3n) is 4.09. The van der Waals surface area contributed by atoms with E-state index in [9.17, 15) is 10.1 Å². The van der Waals surface area contributed by atoms with Crippen LogP contribution in [0.3, 0.4) is 0 Å². The van der Waals surface area contributed by atoms with Crippen molar-refractivity contribution in [3.05, 3.63) is 81.9 Å². The molecule has 3 rings (SSSR count). The fourth-order valence-electron chi connectivity index (χ4n) is 2.92. The van der Waals surface area contributed by atoms with Crippen molar-refractivity contribution in [3.63, 3.8) is 0 Å². The summed E-state index contributed by atoms with van der Waals surface area (Å²) in [5.41, 5.74) is 9.24. The summed E-state index contributed by atoms with van der Waals surface area (Å²) in [5.74, 6) is -0.282. The molecule has 2 N–H and O–H groups in total. The molecule has 0 fully saturated rings. The van der Waals surface area contributed by atoms with Crippen molar-refractivity contribution in [1.29, 1.82) is 5.26 Å². The van der Waals surface area contributed by atoms with E-state index in [0.29, 0.717) is 16.2 Å². The lowest BCUT2D eigenvalue weighted by atomic mass is 9.84. The van der Waals surface area contributed by atoms with Crippen molar-refractivity contribution < 1.29 is 4.79 Å². The second-order valence-electron chi connectivity index (χ2n) is 5.49. The molecule has 23 heavy (non-hydrogen) atoms. The molecule has 4 heteroatoms. The van der Waals surface area contributed by atoms with Crippen LogP contribution in [0.2, 0.25) is 0 Å². The summed E-state index contributed by atoms with van der Waals surface area (Å²) in [7, 11) is 0. The molecule has 1 aliphatic heterocycles. The van der Waals surface area contributed by atoms with Gasteiger partial charge in [-0.1, -0.05) is 66.4 Å². The topological polar surface area (TPSA) is 66.9 Å². The van der Waals surface area contributed by atoms with E-state index < -0.39 is 5.25 Å².